The summed E-state index contributed by atoms with van der Waals surface area (Å²) in [5.41, 5.74) is 2.87. The summed E-state index contributed by atoms with van der Waals surface area (Å²) in [5, 5.41) is 10.2. The third-order valence-corrected chi connectivity index (χ3v) is 7.09. The normalized spacial score (nSPS) is 25.1. The fraction of sp³-hybridized carbons (Fsp3) is 0.545. The smallest absolute Gasteiger partial charge is 0.138 e. The number of hydrogen-bond donors (Lipinski definition) is 1. The van der Waals surface area contributed by atoms with Crippen LogP contribution in [0.4, 0.5) is 0 Å². The maximum absolute atomic E-state index is 5.74. The van der Waals surface area contributed by atoms with Crippen LogP contribution < -0.4 is 0 Å². The monoisotopic (exact) mass is 377 g/mol. The van der Waals surface area contributed by atoms with Gasteiger partial charge in [-0.2, -0.15) is 0 Å². The molecule has 3 fully saturated rings. The minimum Gasteiger partial charge on any atom is -0.381 e. The van der Waals surface area contributed by atoms with Crippen molar-refractivity contribution < 1.29 is 4.74 Å². The molecule has 6 rings (SSSR count). The highest BCUT2D eigenvalue weighted by molar-refractivity contribution is 5.79. The first-order valence-corrected chi connectivity index (χ1v) is 10.6. The predicted molar refractivity (Wildman–Crippen MR) is 107 cm³/mol. The molecule has 1 aromatic carbocycles. The summed E-state index contributed by atoms with van der Waals surface area (Å²) in [5.74, 6) is 1.67. The van der Waals surface area contributed by atoms with Crippen molar-refractivity contribution in [3.05, 3.63) is 48.2 Å². The van der Waals surface area contributed by atoms with Crippen LogP contribution in [0.3, 0.4) is 0 Å². The predicted octanol–water partition coefficient (Wildman–Crippen LogP) is 3.49. The highest BCUT2D eigenvalue weighted by Crippen LogP contribution is 2.50. The molecular formula is C22H27N5O. The molecule has 2 aliphatic heterocycles. The summed E-state index contributed by atoms with van der Waals surface area (Å²) in [6.45, 7) is 4.92. The third-order valence-electron chi connectivity index (χ3n) is 7.09. The summed E-state index contributed by atoms with van der Waals surface area (Å²) in [7, 11) is 0. The zero-order chi connectivity index (χ0) is 18.6. The van der Waals surface area contributed by atoms with Crippen molar-refractivity contribution in [1.82, 2.24) is 24.6 Å². The van der Waals surface area contributed by atoms with E-state index in [1.807, 2.05) is 12.5 Å². The second-order valence-corrected chi connectivity index (χ2v) is 8.92. The highest BCUT2D eigenvalue weighted by atomic mass is 16.5. The maximum atomic E-state index is 5.74. The Morgan fingerprint density at radius 1 is 1.18 bits per heavy atom. The molecule has 1 N–H and O–H groups in total. The molecule has 1 spiro atoms. The second kappa shape index (κ2) is 6.42. The van der Waals surface area contributed by atoms with Gasteiger partial charge >= 0.3 is 0 Å². The fourth-order valence-electron chi connectivity index (χ4n) is 5.42. The average Bonchev–Trinajstić information content (AvgIpc) is 3.12. The van der Waals surface area contributed by atoms with Gasteiger partial charge in [0.2, 0.25) is 0 Å². The van der Waals surface area contributed by atoms with Crippen LogP contribution in [0.25, 0.3) is 10.9 Å². The summed E-state index contributed by atoms with van der Waals surface area (Å²) in [6.07, 6.45) is 8.77. The largest absolute Gasteiger partial charge is 0.381 e. The van der Waals surface area contributed by atoms with Crippen LogP contribution >= 0.6 is 0 Å². The number of aromatic nitrogens is 4. The number of hydrogen-bond acceptors (Lipinski definition) is 4. The van der Waals surface area contributed by atoms with Gasteiger partial charge in [0, 0.05) is 56.5 Å². The number of ether oxygens (including phenoxy) is 1. The molecule has 0 bridgehead atoms. The lowest BCUT2D eigenvalue weighted by Crippen LogP contribution is -2.37. The number of nitrogens with zero attached hydrogens (tertiary/aromatic N) is 4. The van der Waals surface area contributed by atoms with Crippen molar-refractivity contribution in [3.8, 4) is 0 Å². The summed E-state index contributed by atoms with van der Waals surface area (Å²) in [4.78, 5) is 5.97. The number of rotatable bonds is 4. The first-order chi connectivity index (χ1) is 13.8. The summed E-state index contributed by atoms with van der Waals surface area (Å²) >= 11 is 0. The van der Waals surface area contributed by atoms with E-state index >= 15 is 0 Å². The zero-order valence-corrected chi connectivity index (χ0v) is 16.2. The fourth-order valence-corrected chi connectivity index (χ4v) is 5.42. The van der Waals surface area contributed by atoms with Crippen LogP contribution in [0.5, 0.6) is 0 Å². The van der Waals surface area contributed by atoms with Gasteiger partial charge in [0.05, 0.1) is 0 Å². The number of nitrogens with one attached hydrogen (secondary N) is 1. The van der Waals surface area contributed by atoms with E-state index < -0.39 is 0 Å². The molecule has 6 nitrogen and oxygen atoms in total. The van der Waals surface area contributed by atoms with E-state index in [1.165, 1.54) is 35.1 Å². The molecule has 0 radical (unpaired) electrons. The molecule has 1 atom stereocenters. The van der Waals surface area contributed by atoms with Crippen LogP contribution in [-0.4, -0.2) is 51.0 Å². The van der Waals surface area contributed by atoms with Crippen molar-refractivity contribution in [3.63, 3.8) is 0 Å². The van der Waals surface area contributed by atoms with Crippen LogP contribution in [0.1, 0.15) is 49.0 Å². The Morgan fingerprint density at radius 2 is 2.07 bits per heavy atom. The Kier molecular flexibility index (Phi) is 3.84. The maximum Gasteiger partial charge on any atom is 0.138 e. The van der Waals surface area contributed by atoms with Crippen LogP contribution in [0.2, 0.25) is 0 Å². The van der Waals surface area contributed by atoms with Gasteiger partial charge in [-0.15, -0.1) is 10.2 Å². The Bertz CT molecular complexity index is 982. The Hall–Kier alpha value is -2.18. The summed E-state index contributed by atoms with van der Waals surface area (Å²) in [6, 6.07) is 9.56. The van der Waals surface area contributed by atoms with Crippen LogP contribution in [0.15, 0.2) is 36.8 Å². The lowest BCUT2D eigenvalue weighted by Gasteiger charge is -2.37. The van der Waals surface area contributed by atoms with Gasteiger partial charge in [-0.05, 0) is 54.2 Å². The number of fused-ring (bicyclic) bond motifs is 1. The summed E-state index contributed by atoms with van der Waals surface area (Å²) < 4.78 is 8.11. The number of benzene rings is 1. The van der Waals surface area contributed by atoms with Crippen molar-refractivity contribution in [2.45, 2.75) is 44.2 Å². The molecule has 3 aliphatic rings. The topological polar surface area (TPSA) is 59.0 Å². The van der Waals surface area contributed by atoms with Gasteiger partial charge in [0.15, 0.2) is 0 Å². The van der Waals surface area contributed by atoms with Gasteiger partial charge in [-0.1, -0.05) is 12.1 Å². The highest BCUT2D eigenvalue weighted by Gasteiger charge is 2.50. The van der Waals surface area contributed by atoms with Gasteiger partial charge in [-0.3, -0.25) is 4.90 Å². The minimum atomic E-state index is 0.272. The first-order valence-electron chi connectivity index (χ1n) is 10.6. The van der Waals surface area contributed by atoms with E-state index in [1.54, 1.807) is 0 Å². The second-order valence-electron chi connectivity index (χ2n) is 8.92. The Labute approximate surface area is 164 Å². The van der Waals surface area contributed by atoms with Gasteiger partial charge in [-0.25, -0.2) is 0 Å². The Balaban J connectivity index is 1.30. The number of H-pyrrole nitrogens is 1. The molecular weight excluding hydrogens is 350 g/mol. The van der Waals surface area contributed by atoms with E-state index in [0.717, 1.165) is 45.7 Å². The molecule has 28 heavy (non-hydrogen) atoms. The first kappa shape index (κ1) is 16.7. The van der Waals surface area contributed by atoms with Crippen molar-refractivity contribution in [2.75, 3.05) is 26.3 Å². The molecule has 3 aromatic rings. The van der Waals surface area contributed by atoms with Gasteiger partial charge < -0.3 is 14.3 Å². The van der Waals surface area contributed by atoms with E-state index in [4.69, 9.17) is 4.74 Å². The van der Waals surface area contributed by atoms with Gasteiger partial charge in [0.25, 0.3) is 0 Å². The molecule has 6 heteroatoms. The molecule has 2 saturated heterocycles. The molecule has 2 aromatic heterocycles. The van der Waals surface area contributed by atoms with Crippen LogP contribution in [0, 0.1) is 5.41 Å². The molecule has 4 heterocycles. The van der Waals surface area contributed by atoms with Gasteiger partial charge in [0.1, 0.15) is 12.2 Å². The zero-order valence-electron chi connectivity index (χ0n) is 16.2. The quantitative estimate of drug-likeness (QED) is 0.756. The van der Waals surface area contributed by atoms with E-state index in [0.29, 0.717) is 12.0 Å². The third kappa shape index (κ3) is 2.78. The van der Waals surface area contributed by atoms with E-state index in [2.05, 4.69) is 48.9 Å². The average molecular weight is 377 g/mol. The van der Waals surface area contributed by atoms with Crippen molar-refractivity contribution >= 4 is 10.9 Å². The van der Waals surface area contributed by atoms with Crippen LogP contribution in [-0.2, 0) is 11.3 Å². The lowest BCUT2D eigenvalue weighted by molar-refractivity contribution is 0.0104. The standard InChI is InChI=1S/C22H27N5O/c1-2-17-5-8-23-20(17)11-16(1)12-26-13-19(22(14-26)6-9-28-10-7-22)21-25-24-15-27(21)18-3-4-18/h1-2,5,8,11,15,18-19,23H,3-4,6-7,9-10,12-14H2. The SMILES string of the molecule is c1cc2ccc(CN3CC(c4nncn4C4CC4)C4(CCOCC4)C3)cc2[nH]1. The number of likely N-dealkylation sites (tertiary alicyclic amines) is 1. The molecule has 0 amide bonds. The van der Waals surface area contributed by atoms with Crippen molar-refractivity contribution in [2.24, 2.45) is 5.41 Å². The minimum absolute atomic E-state index is 0.272. The van der Waals surface area contributed by atoms with E-state index in [9.17, 15) is 0 Å². The van der Waals surface area contributed by atoms with E-state index in [-0.39, 0.29) is 5.41 Å². The molecule has 146 valence electrons. The molecule has 1 unspecified atom stereocenters. The number of aromatic amines is 1. The molecule has 1 saturated carbocycles. The van der Waals surface area contributed by atoms with Crippen molar-refractivity contribution in [1.29, 1.82) is 0 Å². The lowest BCUT2D eigenvalue weighted by atomic mass is 9.71. The molecule has 1 aliphatic carbocycles. The Morgan fingerprint density at radius 3 is 2.93 bits per heavy atom.